The average Bonchev–Trinajstić information content (AvgIpc) is 3.26. The number of nitrogens with zero attached hydrogens (tertiary/aromatic N) is 2. The standard InChI is InChI=1S/C18H18N2O3S/c1-3-19-17(21)14-15(13-9-6-10-24-13)20(23-16(14)18(19)22)12-8-5-4-7-11(12)2/h4-10,14-16H,3H2,1-2H3. The molecule has 3 heterocycles. The molecule has 0 bridgehead atoms. The van der Waals surface area contributed by atoms with Crippen molar-refractivity contribution in [3.63, 3.8) is 0 Å². The maximum absolute atomic E-state index is 12.8. The number of thiophene rings is 1. The van der Waals surface area contributed by atoms with Crippen LogP contribution in [0.1, 0.15) is 23.4 Å². The molecular weight excluding hydrogens is 324 g/mol. The summed E-state index contributed by atoms with van der Waals surface area (Å²) in [4.78, 5) is 33.7. The van der Waals surface area contributed by atoms with Gasteiger partial charge < -0.3 is 0 Å². The van der Waals surface area contributed by atoms with Crippen LogP contribution in [-0.4, -0.2) is 29.4 Å². The van der Waals surface area contributed by atoms with Crippen molar-refractivity contribution < 1.29 is 14.4 Å². The molecule has 3 atom stereocenters. The number of likely N-dealkylation sites (N-methyl/N-ethyl adjacent to an activating group) is 1. The molecular formula is C18H18N2O3S. The summed E-state index contributed by atoms with van der Waals surface area (Å²) in [6.45, 7) is 4.20. The lowest BCUT2D eigenvalue weighted by Crippen LogP contribution is -2.37. The number of benzene rings is 1. The van der Waals surface area contributed by atoms with E-state index < -0.39 is 12.0 Å². The van der Waals surface area contributed by atoms with Crippen molar-refractivity contribution in [1.82, 2.24) is 4.90 Å². The van der Waals surface area contributed by atoms with Gasteiger partial charge in [-0.3, -0.25) is 19.3 Å². The SMILES string of the molecule is CCN1C(=O)C2ON(c3ccccc3C)C(c3cccs3)C2C1=O. The number of imide groups is 1. The molecule has 2 amide bonds. The van der Waals surface area contributed by atoms with Gasteiger partial charge in [-0.25, -0.2) is 5.06 Å². The zero-order valence-corrected chi connectivity index (χ0v) is 14.3. The first-order chi connectivity index (χ1) is 11.6. The van der Waals surface area contributed by atoms with Crippen LogP contribution in [0.3, 0.4) is 0 Å². The number of amides is 2. The van der Waals surface area contributed by atoms with Crippen LogP contribution < -0.4 is 5.06 Å². The molecule has 0 saturated carbocycles. The Labute approximate surface area is 144 Å². The molecule has 2 fully saturated rings. The molecule has 0 N–H and O–H groups in total. The number of fused-ring (bicyclic) bond motifs is 1. The van der Waals surface area contributed by atoms with Gasteiger partial charge in [0.2, 0.25) is 5.91 Å². The minimum Gasteiger partial charge on any atom is -0.280 e. The number of rotatable bonds is 3. The molecule has 24 heavy (non-hydrogen) atoms. The highest BCUT2D eigenvalue weighted by Crippen LogP contribution is 2.48. The molecule has 1 aromatic heterocycles. The number of carbonyl (C=O) groups excluding carboxylic acids is 2. The third-order valence-electron chi connectivity index (χ3n) is 4.71. The van der Waals surface area contributed by atoms with Gasteiger partial charge in [-0.15, -0.1) is 11.3 Å². The normalized spacial score (nSPS) is 26.3. The number of para-hydroxylation sites is 1. The fourth-order valence-corrected chi connectivity index (χ4v) is 4.40. The van der Waals surface area contributed by atoms with Gasteiger partial charge in [0.15, 0.2) is 6.10 Å². The first-order valence-corrected chi connectivity index (χ1v) is 8.91. The van der Waals surface area contributed by atoms with E-state index in [0.717, 1.165) is 16.1 Å². The van der Waals surface area contributed by atoms with Crippen LogP contribution in [0, 0.1) is 12.8 Å². The Morgan fingerprint density at radius 1 is 1.12 bits per heavy atom. The lowest BCUT2D eigenvalue weighted by Gasteiger charge is -2.28. The first kappa shape index (κ1) is 15.4. The zero-order valence-electron chi connectivity index (χ0n) is 13.5. The maximum atomic E-state index is 12.8. The van der Waals surface area contributed by atoms with E-state index >= 15 is 0 Å². The Morgan fingerprint density at radius 2 is 1.92 bits per heavy atom. The van der Waals surface area contributed by atoms with E-state index in [4.69, 9.17) is 4.84 Å². The lowest BCUT2D eigenvalue weighted by molar-refractivity contribution is -0.142. The quantitative estimate of drug-likeness (QED) is 0.805. The summed E-state index contributed by atoms with van der Waals surface area (Å²) in [5.41, 5.74) is 1.94. The Morgan fingerprint density at radius 3 is 2.58 bits per heavy atom. The van der Waals surface area contributed by atoms with E-state index in [-0.39, 0.29) is 17.9 Å². The fourth-order valence-electron chi connectivity index (χ4n) is 3.55. The molecule has 4 rings (SSSR count). The van der Waals surface area contributed by atoms with Crippen LogP contribution in [0.5, 0.6) is 0 Å². The molecule has 2 aromatic rings. The Balaban J connectivity index is 1.81. The van der Waals surface area contributed by atoms with Gasteiger partial charge in [0.05, 0.1) is 5.69 Å². The number of likely N-dealkylation sites (tertiary alicyclic amines) is 1. The summed E-state index contributed by atoms with van der Waals surface area (Å²) in [5, 5.41) is 3.75. The average molecular weight is 342 g/mol. The lowest BCUT2D eigenvalue weighted by atomic mass is 9.95. The van der Waals surface area contributed by atoms with Crippen LogP contribution >= 0.6 is 11.3 Å². The van der Waals surface area contributed by atoms with Crippen molar-refractivity contribution in [3.05, 3.63) is 52.2 Å². The minimum atomic E-state index is -0.732. The van der Waals surface area contributed by atoms with Crippen LogP contribution in [0.25, 0.3) is 0 Å². The van der Waals surface area contributed by atoms with Crippen LogP contribution in [-0.2, 0) is 14.4 Å². The Hall–Kier alpha value is -2.18. The van der Waals surface area contributed by atoms with Crippen molar-refractivity contribution >= 4 is 28.8 Å². The first-order valence-electron chi connectivity index (χ1n) is 8.03. The van der Waals surface area contributed by atoms with Crippen molar-refractivity contribution in [1.29, 1.82) is 0 Å². The van der Waals surface area contributed by atoms with Crippen molar-refractivity contribution in [3.8, 4) is 0 Å². The van der Waals surface area contributed by atoms with E-state index in [2.05, 4.69) is 0 Å². The van der Waals surface area contributed by atoms with Crippen LogP contribution in [0.15, 0.2) is 41.8 Å². The van der Waals surface area contributed by atoms with Gasteiger partial charge in [0.1, 0.15) is 12.0 Å². The van der Waals surface area contributed by atoms with E-state index in [1.807, 2.05) is 55.6 Å². The topological polar surface area (TPSA) is 49.9 Å². The van der Waals surface area contributed by atoms with Gasteiger partial charge in [0.25, 0.3) is 5.91 Å². The second-order valence-corrected chi connectivity index (χ2v) is 7.02. The molecule has 124 valence electrons. The van der Waals surface area contributed by atoms with Gasteiger partial charge in [-0.05, 0) is 36.9 Å². The van der Waals surface area contributed by atoms with Gasteiger partial charge in [0, 0.05) is 11.4 Å². The largest absolute Gasteiger partial charge is 0.280 e. The molecule has 0 aliphatic carbocycles. The molecule has 3 unspecified atom stereocenters. The monoisotopic (exact) mass is 342 g/mol. The number of anilines is 1. The molecule has 0 radical (unpaired) electrons. The molecule has 2 aliphatic rings. The van der Waals surface area contributed by atoms with Gasteiger partial charge in [-0.1, -0.05) is 24.3 Å². The van der Waals surface area contributed by atoms with E-state index in [1.165, 1.54) is 4.90 Å². The summed E-state index contributed by atoms with van der Waals surface area (Å²) in [5.74, 6) is -0.858. The number of hydroxylamine groups is 1. The summed E-state index contributed by atoms with van der Waals surface area (Å²) in [7, 11) is 0. The van der Waals surface area contributed by atoms with E-state index in [9.17, 15) is 9.59 Å². The molecule has 0 spiro atoms. The maximum Gasteiger partial charge on any atom is 0.261 e. The van der Waals surface area contributed by atoms with E-state index in [1.54, 1.807) is 16.4 Å². The zero-order chi connectivity index (χ0) is 16.8. The fraction of sp³-hybridized carbons (Fsp3) is 0.333. The highest BCUT2D eigenvalue weighted by Gasteiger charge is 2.59. The minimum absolute atomic E-state index is 0.137. The van der Waals surface area contributed by atoms with Crippen molar-refractivity contribution in [2.45, 2.75) is 26.0 Å². The van der Waals surface area contributed by atoms with Gasteiger partial charge in [-0.2, -0.15) is 0 Å². The number of aryl methyl sites for hydroxylation is 1. The molecule has 6 heteroatoms. The number of hydrogen-bond donors (Lipinski definition) is 0. The Kier molecular flexibility index (Phi) is 3.66. The summed E-state index contributed by atoms with van der Waals surface area (Å²) in [6, 6.07) is 11.5. The molecule has 1 aromatic carbocycles. The summed E-state index contributed by atoms with van der Waals surface area (Å²) in [6.07, 6.45) is -0.732. The Bertz CT molecular complexity index is 789. The van der Waals surface area contributed by atoms with Crippen LogP contribution in [0.4, 0.5) is 5.69 Å². The van der Waals surface area contributed by atoms with Crippen LogP contribution in [0.2, 0.25) is 0 Å². The third kappa shape index (κ3) is 2.10. The summed E-state index contributed by atoms with van der Waals surface area (Å²) >= 11 is 1.58. The smallest absolute Gasteiger partial charge is 0.261 e. The molecule has 2 aliphatic heterocycles. The second-order valence-electron chi connectivity index (χ2n) is 6.05. The predicted octanol–water partition coefficient (Wildman–Crippen LogP) is 2.92. The van der Waals surface area contributed by atoms with E-state index in [0.29, 0.717) is 6.54 Å². The summed E-state index contributed by atoms with van der Waals surface area (Å²) < 4.78 is 0. The second kappa shape index (κ2) is 5.72. The van der Waals surface area contributed by atoms with Gasteiger partial charge >= 0.3 is 0 Å². The highest BCUT2D eigenvalue weighted by molar-refractivity contribution is 7.10. The van der Waals surface area contributed by atoms with Crippen molar-refractivity contribution in [2.24, 2.45) is 5.92 Å². The van der Waals surface area contributed by atoms with Crippen molar-refractivity contribution in [2.75, 3.05) is 11.6 Å². The highest BCUT2D eigenvalue weighted by atomic mass is 32.1. The molecule has 5 nitrogen and oxygen atoms in total. The number of carbonyl (C=O) groups is 2. The number of hydrogen-bond acceptors (Lipinski definition) is 5. The third-order valence-corrected chi connectivity index (χ3v) is 5.65. The molecule has 2 saturated heterocycles. The predicted molar refractivity (Wildman–Crippen MR) is 91.5 cm³/mol.